The van der Waals surface area contributed by atoms with E-state index >= 15 is 0 Å². The van der Waals surface area contributed by atoms with Crippen LogP contribution in [0.4, 0.5) is 0 Å². The fourth-order valence-corrected chi connectivity index (χ4v) is 3.90. The van der Waals surface area contributed by atoms with Crippen molar-refractivity contribution in [3.05, 3.63) is 70.3 Å². The first-order valence-corrected chi connectivity index (χ1v) is 10.2. The minimum atomic E-state index is 0.408. The summed E-state index contributed by atoms with van der Waals surface area (Å²) in [5.74, 6) is 1.40. The Morgan fingerprint density at radius 1 is 0.926 bits per heavy atom. The molecule has 0 amide bonds. The third kappa shape index (κ3) is 4.12. The quantitative estimate of drug-likeness (QED) is 0.350. The van der Waals surface area contributed by atoms with Crippen molar-refractivity contribution in [2.24, 2.45) is 0 Å². The monoisotopic (exact) mass is 440 g/mol. The molecule has 0 spiro atoms. The van der Waals surface area contributed by atoms with Crippen molar-refractivity contribution in [2.45, 2.75) is 6.92 Å². The summed E-state index contributed by atoms with van der Waals surface area (Å²) in [7, 11) is 0. The summed E-state index contributed by atoms with van der Waals surface area (Å²) in [6, 6.07) is 16.2. The molecule has 0 saturated carbocycles. The van der Waals surface area contributed by atoms with Crippen molar-refractivity contribution in [3.8, 4) is 22.8 Å². The van der Waals surface area contributed by atoms with E-state index in [2.05, 4.69) is 62.5 Å². The van der Waals surface area contributed by atoms with Crippen LogP contribution >= 0.6 is 27.3 Å². The number of rotatable bonds is 6. The second kappa shape index (κ2) is 8.06. The molecular formula is C21H17BrN2O2S. The Kier molecular flexibility index (Phi) is 5.36. The van der Waals surface area contributed by atoms with Crippen LogP contribution in [0, 0.1) is 6.92 Å². The molecule has 0 fully saturated rings. The predicted octanol–water partition coefficient (Wildman–Crippen LogP) is 5.89. The van der Waals surface area contributed by atoms with Crippen molar-refractivity contribution in [1.82, 2.24) is 9.97 Å². The molecule has 0 radical (unpaired) electrons. The zero-order valence-corrected chi connectivity index (χ0v) is 17.1. The molecule has 0 aliphatic rings. The van der Waals surface area contributed by atoms with Gasteiger partial charge >= 0.3 is 0 Å². The molecule has 27 heavy (non-hydrogen) atoms. The topological polar surface area (TPSA) is 44.2 Å². The van der Waals surface area contributed by atoms with E-state index in [0.717, 1.165) is 31.6 Å². The third-order valence-corrected chi connectivity index (χ3v) is 5.52. The van der Waals surface area contributed by atoms with Crippen LogP contribution in [-0.2, 0) is 0 Å². The SMILES string of the molecule is Cc1ccc(-c2csc3ncnc(OCCOc4ccc(Br)cc4)c23)cc1. The molecule has 0 aliphatic heterocycles. The highest BCUT2D eigenvalue weighted by Gasteiger charge is 2.14. The fraction of sp³-hybridized carbons (Fsp3) is 0.143. The molecule has 2 aromatic heterocycles. The molecule has 6 heteroatoms. The molecular weight excluding hydrogens is 424 g/mol. The summed E-state index contributed by atoms with van der Waals surface area (Å²) in [4.78, 5) is 9.65. The molecule has 0 atom stereocenters. The zero-order chi connectivity index (χ0) is 18.6. The number of halogens is 1. The van der Waals surface area contributed by atoms with Crippen molar-refractivity contribution in [3.63, 3.8) is 0 Å². The average molecular weight is 441 g/mol. The van der Waals surface area contributed by atoms with E-state index in [4.69, 9.17) is 9.47 Å². The molecule has 0 unspecified atom stereocenters. The van der Waals surface area contributed by atoms with Crippen LogP contribution in [0.15, 0.2) is 64.7 Å². The minimum Gasteiger partial charge on any atom is -0.490 e. The van der Waals surface area contributed by atoms with Gasteiger partial charge < -0.3 is 9.47 Å². The van der Waals surface area contributed by atoms with E-state index in [0.29, 0.717) is 19.1 Å². The highest BCUT2D eigenvalue weighted by Crippen LogP contribution is 2.37. The molecule has 0 bridgehead atoms. The summed E-state index contributed by atoms with van der Waals surface area (Å²) in [6.45, 7) is 2.93. The van der Waals surface area contributed by atoms with Gasteiger partial charge in [0.25, 0.3) is 0 Å². The lowest BCUT2D eigenvalue weighted by Crippen LogP contribution is -2.10. The summed E-state index contributed by atoms with van der Waals surface area (Å²) < 4.78 is 12.7. The average Bonchev–Trinajstić information content (AvgIpc) is 3.12. The maximum absolute atomic E-state index is 5.93. The molecule has 2 aromatic carbocycles. The highest BCUT2D eigenvalue weighted by atomic mass is 79.9. The summed E-state index contributed by atoms with van der Waals surface area (Å²) in [6.07, 6.45) is 1.54. The fourth-order valence-electron chi connectivity index (χ4n) is 2.73. The Bertz CT molecular complexity index is 1050. The second-order valence-corrected chi connectivity index (χ2v) is 7.80. The van der Waals surface area contributed by atoms with E-state index in [1.165, 1.54) is 5.56 Å². The predicted molar refractivity (Wildman–Crippen MR) is 113 cm³/mol. The first-order valence-electron chi connectivity index (χ1n) is 8.51. The lowest BCUT2D eigenvalue weighted by molar-refractivity contribution is 0.213. The first-order chi connectivity index (χ1) is 13.2. The number of hydrogen-bond acceptors (Lipinski definition) is 5. The van der Waals surface area contributed by atoms with Gasteiger partial charge in [0, 0.05) is 15.4 Å². The number of hydrogen-bond donors (Lipinski definition) is 0. The van der Waals surface area contributed by atoms with Gasteiger partial charge in [0.05, 0.1) is 5.39 Å². The second-order valence-electron chi connectivity index (χ2n) is 6.03. The van der Waals surface area contributed by atoms with Gasteiger partial charge in [0.2, 0.25) is 5.88 Å². The van der Waals surface area contributed by atoms with Gasteiger partial charge in [-0.1, -0.05) is 45.8 Å². The van der Waals surface area contributed by atoms with Crippen molar-refractivity contribution < 1.29 is 9.47 Å². The third-order valence-electron chi connectivity index (χ3n) is 4.10. The molecule has 0 saturated heterocycles. The van der Waals surface area contributed by atoms with E-state index in [-0.39, 0.29) is 0 Å². The van der Waals surface area contributed by atoms with Gasteiger partial charge in [-0.2, -0.15) is 0 Å². The van der Waals surface area contributed by atoms with Crippen LogP contribution in [0.1, 0.15) is 5.56 Å². The van der Waals surface area contributed by atoms with E-state index < -0.39 is 0 Å². The van der Waals surface area contributed by atoms with E-state index in [9.17, 15) is 0 Å². The lowest BCUT2D eigenvalue weighted by Gasteiger charge is -2.09. The Morgan fingerprint density at radius 2 is 1.67 bits per heavy atom. The van der Waals surface area contributed by atoms with Crippen molar-refractivity contribution >= 4 is 37.5 Å². The van der Waals surface area contributed by atoms with Crippen molar-refractivity contribution in [1.29, 1.82) is 0 Å². The van der Waals surface area contributed by atoms with Gasteiger partial charge in [0.15, 0.2) is 0 Å². The van der Waals surface area contributed by atoms with E-state index in [1.54, 1.807) is 17.7 Å². The largest absolute Gasteiger partial charge is 0.490 e. The maximum atomic E-state index is 5.93. The molecule has 4 rings (SSSR count). The zero-order valence-electron chi connectivity index (χ0n) is 14.7. The van der Waals surface area contributed by atoms with Gasteiger partial charge in [-0.15, -0.1) is 11.3 Å². The molecule has 0 aliphatic carbocycles. The van der Waals surface area contributed by atoms with Gasteiger partial charge in [0.1, 0.15) is 30.1 Å². The summed E-state index contributed by atoms with van der Waals surface area (Å²) >= 11 is 5.01. The Balaban J connectivity index is 1.50. The Labute approximate surface area is 169 Å². The maximum Gasteiger partial charge on any atom is 0.226 e. The number of nitrogens with zero attached hydrogens (tertiary/aromatic N) is 2. The van der Waals surface area contributed by atoms with Gasteiger partial charge in [-0.3, -0.25) is 0 Å². The van der Waals surface area contributed by atoms with Crippen molar-refractivity contribution in [2.75, 3.05) is 13.2 Å². The van der Waals surface area contributed by atoms with Crippen LogP contribution in [0.3, 0.4) is 0 Å². The number of aromatic nitrogens is 2. The highest BCUT2D eigenvalue weighted by molar-refractivity contribution is 9.10. The standard InChI is InChI=1S/C21H17BrN2O2S/c1-14-2-4-15(5-3-14)18-12-27-21-19(18)20(23-13-24-21)26-11-10-25-17-8-6-16(22)7-9-17/h2-9,12-13H,10-11H2,1H3. The minimum absolute atomic E-state index is 0.408. The number of fused-ring (bicyclic) bond motifs is 1. The molecule has 2 heterocycles. The molecule has 4 aromatic rings. The van der Waals surface area contributed by atoms with Crippen LogP contribution in [0.25, 0.3) is 21.3 Å². The summed E-state index contributed by atoms with van der Waals surface area (Å²) in [5.41, 5.74) is 3.47. The lowest BCUT2D eigenvalue weighted by atomic mass is 10.0. The Morgan fingerprint density at radius 3 is 2.44 bits per heavy atom. The molecule has 4 nitrogen and oxygen atoms in total. The van der Waals surface area contributed by atoms with Crippen LogP contribution in [-0.4, -0.2) is 23.2 Å². The van der Waals surface area contributed by atoms with Crippen LogP contribution in [0.5, 0.6) is 11.6 Å². The normalized spacial score (nSPS) is 10.9. The van der Waals surface area contributed by atoms with Gasteiger partial charge in [-0.05, 0) is 36.8 Å². The molecule has 0 N–H and O–H groups in total. The Hall–Kier alpha value is -2.44. The van der Waals surface area contributed by atoms with Crippen LogP contribution in [0.2, 0.25) is 0 Å². The van der Waals surface area contributed by atoms with E-state index in [1.807, 2.05) is 24.3 Å². The number of benzene rings is 2. The first kappa shape index (κ1) is 17.9. The number of thiophene rings is 1. The summed E-state index contributed by atoms with van der Waals surface area (Å²) in [5, 5.41) is 3.06. The number of ether oxygens (including phenoxy) is 2. The molecule has 136 valence electrons. The number of aryl methyl sites for hydroxylation is 1. The van der Waals surface area contributed by atoms with Gasteiger partial charge in [-0.25, -0.2) is 9.97 Å². The smallest absolute Gasteiger partial charge is 0.226 e. The van der Waals surface area contributed by atoms with Crippen LogP contribution < -0.4 is 9.47 Å².